The van der Waals surface area contributed by atoms with Crippen molar-refractivity contribution < 1.29 is 4.74 Å². The lowest BCUT2D eigenvalue weighted by atomic mass is 10.1. The summed E-state index contributed by atoms with van der Waals surface area (Å²) in [4.78, 5) is 2.42. The first-order valence-corrected chi connectivity index (χ1v) is 6.35. The largest absolute Gasteiger partial charge is 0.495 e. The molecular weight excluding hydrogens is 236 g/mol. The van der Waals surface area contributed by atoms with Crippen LogP contribution in [0.2, 0.25) is 5.02 Å². The molecule has 0 aromatic heterocycles. The number of piperazine rings is 1. The van der Waals surface area contributed by atoms with Gasteiger partial charge in [-0.2, -0.15) is 0 Å². The van der Waals surface area contributed by atoms with Crippen LogP contribution in [-0.2, 0) is 6.54 Å². The van der Waals surface area contributed by atoms with Crippen LogP contribution in [0.25, 0.3) is 0 Å². The van der Waals surface area contributed by atoms with Crippen LogP contribution in [0.1, 0.15) is 11.1 Å². The minimum Gasteiger partial charge on any atom is -0.495 e. The maximum Gasteiger partial charge on any atom is 0.137 e. The molecule has 1 aromatic rings. The first kappa shape index (κ1) is 12.7. The van der Waals surface area contributed by atoms with Crippen LogP contribution < -0.4 is 10.1 Å². The van der Waals surface area contributed by atoms with E-state index in [1.54, 1.807) is 7.11 Å². The summed E-state index contributed by atoms with van der Waals surface area (Å²) in [6.45, 7) is 7.27. The van der Waals surface area contributed by atoms with Crippen molar-refractivity contribution in [2.24, 2.45) is 0 Å². The van der Waals surface area contributed by atoms with Crippen molar-refractivity contribution >= 4 is 11.6 Å². The van der Waals surface area contributed by atoms with Crippen LogP contribution in [0.4, 0.5) is 0 Å². The SMILES string of the molecule is COc1ccc(C)c(CN2CCNCC2)c1Cl. The van der Waals surface area contributed by atoms with E-state index in [1.807, 2.05) is 6.07 Å². The maximum atomic E-state index is 6.37. The van der Waals surface area contributed by atoms with Crippen LogP contribution in [0.15, 0.2) is 12.1 Å². The fourth-order valence-corrected chi connectivity index (χ4v) is 2.49. The number of nitrogens with zero attached hydrogens (tertiary/aromatic N) is 1. The minimum atomic E-state index is 0.756. The van der Waals surface area contributed by atoms with Crippen molar-refractivity contribution in [2.45, 2.75) is 13.5 Å². The monoisotopic (exact) mass is 254 g/mol. The van der Waals surface area contributed by atoms with Crippen molar-refractivity contribution in [2.75, 3.05) is 33.3 Å². The highest BCUT2D eigenvalue weighted by atomic mass is 35.5. The van der Waals surface area contributed by atoms with Gasteiger partial charge in [0.15, 0.2) is 0 Å². The molecule has 0 bridgehead atoms. The predicted molar refractivity (Wildman–Crippen MR) is 70.9 cm³/mol. The third kappa shape index (κ3) is 2.92. The van der Waals surface area contributed by atoms with Crippen molar-refractivity contribution in [1.82, 2.24) is 10.2 Å². The van der Waals surface area contributed by atoms with Crippen LogP contribution in [0.3, 0.4) is 0 Å². The quantitative estimate of drug-likeness (QED) is 0.894. The third-order valence-electron chi connectivity index (χ3n) is 3.25. The zero-order valence-corrected chi connectivity index (χ0v) is 11.2. The average molecular weight is 255 g/mol. The van der Waals surface area contributed by atoms with Gasteiger partial charge in [0.2, 0.25) is 0 Å². The number of rotatable bonds is 3. The summed E-state index contributed by atoms with van der Waals surface area (Å²) in [6, 6.07) is 4.00. The van der Waals surface area contributed by atoms with Gasteiger partial charge in [0.05, 0.1) is 12.1 Å². The second-order valence-corrected chi connectivity index (χ2v) is 4.78. The van der Waals surface area contributed by atoms with Gasteiger partial charge in [0.1, 0.15) is 5.75 Å². The molecular formula is C13H19ClN2O. The van der Waals surface area contributed by atoms with E-state index >= 15 is 0 Å². The van der Waals surface area contributed by atoms with E-state index < -0.39 is 0 Å². The molecule has 0 saturated carbocycles. The Balaban J connectivity index is 2.18. The van der Waals surface area contributed by atoms with Crippen LogP contribution in [0.5, 0.6) is 5.75 Å². The van der Waals surface area contributed by atoms with Crippen molar-refractivity contribution in [1.29, 1.82) is 0 Å². The van der Waals surface area contributed by atoms with Gasteiger partial charge in [0.25, 0.3) is 0 Å². The summed E-state index contributed by atoms with van der Waals surface area (Å²) in [5.41, 5.74) is 2.42. The van der Waals surface area contributed by atoms with Gasteiger partial charge in [-0.15, -0.1) is 0 Å². The van der Waals surface area contributed by atoms with Crippen LogP contribution in [0, 0.1) is 6.92 Å². The summed E-state index contributed by atoms with van der Waals surface area (Å²) in [7, 11) is 1.66. The van der Waals surface area contributed by atoms with Gasteiger partial charge in [0, 0.05) is 32.7 Å². The molecule has 0 spiro atoms. The van der Waals surface area contributed by atoms with E-state index in [0.717, 1.165) is 43.5 Å². The molecule has 1 N–H and O–H groups in total. The molecule has 0 amide bonds. The first-order chi connectivity index (χ1) is 8.22. The van der Waals surface area contributed by atoms with Gasteiger partial charge in [-0.05, 0) is 24.1 Å². The van der Waals surface area contributed by atoms with Gasteiger partial charge < -0.3 is 10.1 Å². The number of ether oxygens (including phenoxy) is 1. The highest BCUT2D eigenvalue weighted by molar-refractivity contribution is 6.32. The second-order valence-electron chi connectivity index (χ2n) is 4.40. The van der Waals surface area contributed by atoms with Crippen molar-refractivity contribution in [3.05, 3.63) is 28.3 Å². The molecule has 2 rings (SSSR count). The van der Waals surface area contributed by atoms with Crippen LogP contribution >= 0.6 is 11.6 Å². The molecule has 4 heteroatoms. The van der Waals surface area contributed by atoms with E-state index in [1.165, 1.54) is 11.1 Å². The third-order valence-corrected chi connectivity index (χ3v) is 3.67. The Hall–Kier alpha value is -0.770. The molecule has 1 fully saturated rings. The lowest BCUT2D eigenvalue weighted by Crippen LogP contribution is -2.43. The van der Waals surface area contributed by atoms with E-state index in [9.17, 15) is 0 Å². The molecule has 94 valence electrons. The fourth-order valence-electron chi connectivity index (χ4n) is 2.14. The fraction of sp³-hybridized carbons (Fsp3) is 0.538. The summed E-state index contributed by atoms with van der Waals surface area (Å²) in [5.74, 6) is 0.766. The Morgan fingerprint density at radius 1 is 1.35 bits per heavy atom. The molecule has 0 atom stereocenters. The number of hydrogen-bond acceptors (Lipinski definition) is 3. The summed E-state index contributed by atoms with van der Waals surface area (Å²) in [6.07, 6.45) is 0. The molecule has 1 saturated heterocycles. The number of methoxy groups -OCH3 is 1. The number of halogens is 1. The molecule has 1 aliphatic rings. The van der Waals surface area contributed by atoms with E-state index in [0.29, 0.717) is 0 Å². The van der Waals surface area contributed by atoms with Crippen LogP contribution in [-0.4, -0.2) is 38.2 Å². The summed E-state index contributed by atoms with van der Waals surface area (Å²) < 4.78 is 5.27. The molecule has 1 heterocycles. The molecule has 0 radical (unpaired) electrons. The lowest BCUT2D eigenvalue weighted by Gasteiger charge is -2.28. The van der Waals surface area contributed by atoms with Gasteiger partial charge in [-0.25, -0.2) is 0 Å². The lowest BCUT2D eigenvalue weighted by molar-refractivity contribution is 0.232. The average Bonchev–Trinajstić information content (AvgIpc) is 2.36. The molecule has 0 unspecified atom stereocenters. The summed E-state index contributed by atoms with van der Waals surface area (Å²) in [5, 5.41) is 4.11. The maximum absolute atomic E-state index is 6.37. The zero-order chi connectivity index (χ0) is 12.3. The topological polar surface area (TPSA) is 24.5 Å². The molecule has 3 nitrogen and oxygen atoms in total. The Kier molecular flexibility index (Phi) is 4.26. The Morgan fingerprint density at radius 3 is 2.71 bits per heavy atom. The Morgan fingerprint density at radius 2 is 2.06 bits per heavy atom. The van der Waals surface area contributed by atoms with Crippen molar-refractivity contribution in [3.63, 3.8) is 0 Å². The number of nitrogens with one attached hydrogen (secondary N) is 1. The smallest absolute Gasteiger partial charge is 0.137 e. The Bertz CT molecular complexity index is 389. The molecule has 1 aromatic carbocycles. The number of benzene rings is 1. The first-order valence-electron chi connectivity index (χ1n) is 5.97. The highest BCUT2D eigenvalue weighted by Crippen LogP contribution is 2.31. The summed E-state index contributed by atoms with van der Waals surface area (Å²) >= 11 is 6.37. The predicted octanol–water partition coefficient (Wildman–Crippen LogP) is 2.06. The highest BCUT2D eigenvalue weighted by Gasteiger charge is 2.15. The standard InChI is InChI=1S/C13H19ClN2O/c1-10-3-4-12(17-2)13(14)11(10)9-16-7-5-15-6-8-16/h3-4,15H,5-9H2,1-2H3. The Labute approximate surface area is 108 Å². The molecule has 17 heavy (non-hydrogen) atoms. The van der Waals surface area contributed by atoms with Gasteiger partial charge in [-0.1, -0.05) is 17.7 Å². The van der Waals surface area contributed by atoms with E-state index in [-0.39, 0.29) is 0 Å². The van der Waals surface area contributed by atoms with E-state index in [2.05, 4.69) is 23.2 Å². The molecule has 1 aliphatic heterocycles. The van der Waals surface area contributed by atoms with E-state index in [4.69, 9.17) is 16.3 Å². The molecule has 0 aliphatic carbocycles. The number of aryl methyl sites for hydroxylation is 1. The van der Waals surface area contributed by atoms with Gasteiger partial charge in [-0.3, -0.25) is 4.90 Å². The number of hydrogen-bond donors (Lipinski definition) is 1. The zero-order valence-electron chi connectivity index (χ0n) is 10.4. The van der Waals surface area contributed by atoms with Gasteiger partial charge >= 0.3 is 0 Å². The van der Waals surface area contributed by atoms with Crippen molar-refractivity contribution in [3.8, 4) is 5.75 Å². The normalized spacial score (nSPS) is 17.1. The second kappa shape index (κ2) is 5.71. The minimum absolute atomic E-state index is 0.756.